The van der Waals surface area contributed by atoms with Crippen molar-refractivity contribution in [2.75, 3.05) is 0 Å². The summed E-state index contributed by atoms with van der Waals surface area (Å²) in [5.74, 6) is -1.09. The maximum Gasteiger partial charge on any atom is 0.337 e. The van der Waals surface area contributed by atoms with Crippen LogP contribution in [0.2, 0.25) is 0 Å². The van der Waals surface area contributed by atoms with Crippen molar-refractivity contribution in [1.29, 1.82) is 5.26 Å². The molecular weight excluding hydrogens is 186 g/mol. The van der Waals surface area contributed by atoms with Crippen LogP contribution in [0.4, 0.5) is 0 Å². The molecule has 1 aromatic carbocycles. The number of hydrogen-bond acceptors (Lipinski definition) is 3. The molecule has 0 amide bonds. The van der Waals surface area contributed by atoms with E-state index in [2.05, 4.69) is 12.6 Å². The summed E-state index contributed by atoms with van der Waals surface area (Å²) in [6.07, 6.45) is 0. The molecule has 0 aliphatic rings. The first kappa shape index (κ1) is 9.62. The Balaban J connectivity index is 3.53. The fourth-order valence-corrected chi connectivity index (χ4v) is 1.26. The Bertz CT molecular complexity index is 407. The van der Waals surface area contributed by atoms with Crippen LogP contribution in [0.25, 0.3) is 0 Å². The van der Waals surface area contributed by atoms with Gasteiger partial charge in [0.25, 0.3) is 0 Å². The van der Waals surface area contributed by atoms with E-state index in [1.807, 2.05) is 6.07 Å². The fraction of sp³-hybridized carbons (Fsp3) is 0.111. The zero-order valence-electron chi connectivity index (χ0n) is 6.90. The van der Waals surface area contributed by atoms with Crippen LogP contribution in [0.15, 0.2) is 17.0 Å². The minimum atomic E-state index is -1.09. The van der Waals surface area contributed by atoms with Crippen LogP contribution >= 0.6 is 12.6 Å². The molecule has 1 rings (SSSR count). The van der Waals surface area contributed by atoms with Gasteiger partial charge in [0.05, 0.1) is 11.1 Å². The second-order valence-electron chi connectivity index (χ2n) is 2.55. The van der Waals surface area contributed by atoms with E-state index in [-0.39, 0.29) is 11.1 Å². The lowest BCUT2D eigenvalue weighted by atomic mass is 10.0. The minimum absolute atomic E-state index is 0.0370. The Morgan fingerprint density at radius 3 is 2.69 bits per heavy atom. The first-order valence-electron chi connectivity index (χ1n) is 3.54. The molecule has 0 heterocycles. The largest absolute Gasteiger partial charge is 0.478 e. The smallest absolute Gasteiger partial charge is 0.337 e. The van der Waals surface area contributed by atoms with Gasteiger partial charge in [-0.1, -0.05) is 0 Å². The van der Waals surface area contributed by atoms with Crippen molar-refractivity contribution in [3.63, 3.8) is 0 Å². The molecule has 1 N–H and O–H groups in total. The Hall–Kier alpha value is -1.47. The van der Waals surface area contributed by atoms with Crippen molar-refractivity contribution in [2.45, 2.75) is 11.8 Å². The summed E-state index contributed by atoms with van der Waals surface area (Å²) in [6.45, 7) is 1.63. The molecule has 0 spiro atoms. The molecule has 0 unspecified atom stereocenters. The van der Waals surface area contributed by atoms with E-state index >= 15 is 0 Å². The van der Waals surface area contributed by atoms with Crippen LogP contribution < -0.4 is 0 Å². The summed E-state index contributed by atoms with van der Waals surface area (Å²) in [4.78, 5) is 11.3. The van der Waals surface area contributed by atoms with Crippen molar-refractivity contribution in [3.8, 4) is 6.07 Å². The molecule has 1 aromatic rings. The Kier molecular flexibility index (Phi) is 2.59. The van der Waals surface area contributed by atoms with Gasteiger partial charge >= 0.3 is 5.97 Å². The first-order chi connectivity index (χ1) is 6.07. The standard InChI is InChI=1S/C9H7NO2S/c1-5-7(13)3-2-6(4-10)8(5)9(11)12/h2-3,13H,1H3,(H,11,12). The van der Waals surface area contributed by atoms with E-state index < -0.39 is 5.97 Å². The van der Waals surface area contributed by atoms with Gasteiger partial charge in [-0.25, -0.2) is 4.79 Å². The van der Waals surface area contributed by atoms with Crippen LogP contribution in [-0.2, 0) is 0 Å². The Labute approximate surface area is 81.0 Å². The molecule has 0 fully saturated rings. The average molecular weight is 193 g/mol. The van der Waals surface area contributed by atoms with E-state index in [1.165, 1.54) is 6.07 Å². The van der Waals surface area contributed by atoms with Gasteiger partial charge in [-0.3, -0.25) is 0 Å². The molecule has 4 heteroatoms. The number of rotatable bonds is 1. The third-order valence-corrected chi connectivity index (χ3v) is 2.26. The van der Waals surface area contributed by atoms with Crippen molar-refractivity contribution < 1.29 is 9.90 Å². The molecule has 0 aliphatic heterocycles. The van der Waals surface area contributed by atoms with Crippen LogP contribution in [0.1, 0.15) is 21.5 Å². The van der Waals surface area contributed by atoms with Crippen molar-refractivity contribution in [3.05, 3.63) is 28.8 Å². The van der Waals surface area contributed by atoms with Gasteiger partial charge in [0.2, 0.25) is 0 Å². The molecule has 0 bridgehead atoms. The Morgan fingerprint density at radius 1 is 1.62 bits per heavy atom. The van der Waals surface area contributed by atoms with E-state index in [0.29, 0.717) is 10.5 Å². The molecular formula is C9H7NO2S. The number of thiol groups is 1. The quantitative estimate of drug-likeness (QED) is 0.669. The molecule has 0 radical (unpaired) electrons. The zero-order chi connectivity index (χ0) is 10.0. The monoisotopic (exact) mass is 193 g/mol. The van der Waals surface area contributed by atoms with Gasteiger partial charge in [-0.2, -0.15) is 5.26 Å². The zero-order valence-corrected chi connectivity index (χ0v) is 7.80. The molecule has 66 valence electrons. The summed E-state index contributed by atoms with van der Waals surface area (Å²) in [5.41, 5.74) is 0.729. The topological polar surface area (TPSA) is 61.1 Å². The summed E-state index contributed by atoms with van der Waals surface area (Å²) in [6, 6.07) is 4.90. The molecule has 0 aromatic heterocycles. The number of carbonyl (C=O) groups is 1. The lowest BCUT2D eigenvalue weighted by Gasteiger charge is -2.04. The highest BCUT2D eigenvalue weighted by Gasteiger charge is 2.14. The third kappa shape index (κ3) is 1.65. The third-order valence-electron chi connectivity index (χ3n) is 1.77. The van der Waals surface area contributed by atoms with Gasteiger partial charge in [0.1, 0.15) is 6.07 Å². The van der Waals surface area contributed by atoms with Crippen molar-refractivity contribution in [2.24, 2.45) is 0 Å². The maximum atomic E-state index is 10.8. The normalized spacial score (nSPS) is 9.31. The number of carboxylic acid groups (broad SMARTS) is 1. The maximum absolute atomic E-state index is 10.8. The van der Waals surface area contributed by atoms with Crippen LogP contribution in [0, 0.1) is 18.3 Å². The molecule has 3 nitrogen and oxygen atoms in total. The van der Waals surface area contributed by atoms with Gasteiger partial charge in [-0.05, 0) is 24.6 Å². The predicted molar refractivity (Wildman–Crippen MR) is 50.1 cm³/mol. The van der Waals surface area contributed by atoms with Gasteiger partial charge in [0, 0.05) is 4.90 Å². The predicted octanol–water partition coefficient (Wildman–Crippen LogP) is 1.85. The molecule has 0 saturated carbocycles. The minimum Gasteiger partial charge on any atom is -0.478 e. The molecule has 13 heavy (non-hydrogen) atoms. The highest BCUT2D eigenvalue weighted by atomic mass is 32.1. The van der Waals surface area contributed by atoms with Crippen LogP contribution in [-0.4, -0.2) is 11.1 Å². The fourth-order valence-electron chi connectivity index (χ4n) is 1.07. The number of nitriles is 1. The molecule has 0 atom stereocenters. The number of aromatic carboxylic acids is 1. The second kappa shape index (κ2) is 3.50. The lowest BCUT2D eigenvalue weighted by molar-refractivity contribution is 0.0695. The van der Waals surface area contributed by atoms with Gasteiger partial charge in [-0.15, -0.1) is 12.6 Å². The second-order valence-corrected chi connectivity index (χ2v) is 3.03. The van der Waals surface area contributed by atoms with Crippen LogP contribution in [0.3, 0.4) is 0 Å². The highest BCUT2D eigenvalue weighted by molar-refractivity contribution is 7.80. The number of carboxylic acids is 1. The summed E-state index contributed by atoms with van der Waals surface area (Å²) >= 11 is 4.08. The molecule has 0 aliphatic carbocycles. The SMILES string of the molecule is Cc1c(S)ccc(C#N)c1C(=O)O. The van der Waals surface area contributed by atoms with Crippen LogP contribution in [0.5, 0.6) is 0 Å². The van der Waals surface area contributed by atoms with Gasteiger partial charge in [0.15, 0.2) is 0 Å². The van der Waals surface area contributed by atoms with E-state index in [0.717, 1.165) is 0 Å². The average Bonchev–Trinajstić information content (AvgIpc) is 2.08. The Morgan fingerprint density at radius 2 is 2.23 bits per heavy atom. The summed E-state index contributed by atoms with van der Waals surface area (Å²) in [7, 11) is 0. The number of benzene rings is 1. The van der Waals surface area contributed by atoms with E-state index in [9.17, 15) is 4.79 Å². The van der Waals surface area contributed by atoms with Gasteiger partial charge < -0.3 is 5.11 Å². The number of hydrogen-bond donors (Lipinski definition) is 2. The lowest BCUT2D eigenvalue weighted by Crippen LogP contribution is -2.03. The van der Waals surface area contributed by atoms with Crippen molar-refractivity contribution in [1.82, 2.24) is 0 Å². The summed E-state index contributed by atoms with van der Waals surface area (Å²) < 4.78 is 0. The molecule has 0 saturated heterocycles. The first-order valence-corrected chi connectivity index (χ1v) is 3.98. The van der Waals surface area contributed by atoms with E-state index in [4.69, 9.17) is 10.4 Å². The van der Waals surface area contributed by atoms with Crippen molar-refractivity contribution >= 4 is 18.6 Å². The summed E-state index contributed by atoms with van der Waals surface area (Å²) in [5, 5.41) is 17.5. The highest BCUT2D eigenvalue weighted by Crippen LogP contribution is 2.20. The van der Waals surface area contributed by atoms with E-state index in [1.54, 1.807) is 13.0 Å². The number of nitrogens with zero attached hydrogens (tertiary/aromatic N) is 1.